The van der Waals surface area contributed by atoms with Crippen LogP contribution in [-0.4, -0.2) is 48.8 Å². The van der Waals surface area contributed by atoms with E-state index < -0.39 is 0 Å². The SMILES string of the molecule is CCCOCC(=O)N(C)CC(O)C1CC1. The molecule has 88 valence electrons. The van der Waals surface area contributed by atoms with Gasteiger partial charge in [0.25, 0.3) is 0 Å². The van der Waals surface area contributed by atoms with Crippen molar-refractivity contribution < 1.29 is 14.6 Å². The Hall–Kier alpha value is -0.610. The average molecular weight is 215 g/mol. The Morgan fingerprint density at radius 2 is 2.27 bits per heavy atom. The highest BCUT2D eigenvalue weighted by atomic mass is 16.5. The summed E-state index contributed by atoms with van der Waals surface area (Å²) in [5.41, 5.74) is 0. The molecule has 0 saturated heterocycles. The molecule has 0 bridgehead atoms. The molecule has 0 aliphatic heterocycles. The zero-order valence-electron chi connectivity index (χ0n) is 9.61. The molecule has 0 aromatic heterocycles. The lowest BCUT2D eigenvalue weighted by atomic mass is 10.2. The molecule has 1 atom stereocenters. The molecule has 1 rings (SSSR count). The van der Waals surface area contributed by atoms with Crippen molar-refractivity contribution in [2.24, 2.45) is 5.92 Å². The molecular weight excluding hydrogens is 194 g/mol. The molecule has 1 fully saturated rings. The maximum absolute atomic E-state index is 11.5. The Balaban J connectivity index is 2.13. The molecule has 4 nitrogen and oxygen atoms in total. The predicted octanol–water partition coefficient (Wildman–Crippen LogP) is 0.642. The van der Waals surface area contributed by atoms with E-state index in [9.17, 15) is 9.90 Å². The molecule has 1 N–H and O–H groups in total. The number of nitrogens with zero attached hydrogens (tertiary/aromatic N) is 1. The van der Waals surface area contributed by atoms with Crippen LogP contribution < -0.4 is 0 Å². The topological polar surface area (TPSA) is 49.8 Å². The molecule has 1 saturated carbocycles. The molecule has 0 spiro atoms. The third kappa shape index (κ3) is 4.62. The average Bonchev–Trinajstić information content (AvgIpc) is 3.00. The van der Waals surface area contributed by atoms with Crippen LogP contribution in [0.25, 0.3) is 0 Å². The summed E-state index contributed by atoms with van der Waals surface area (Å²) in [4.78, 5) is 13.0. The lowest BCUT2D eigenvalue weighted by molar-refractivity contribution is -0.136. The molecule has 1 amide bonds. The lowest BCUT2D eigenvalue weighted by Crippen LogP contribution is -2.37. The maximum Gasteiger partial charge on any atom is 0.248 e. The normalized spacial score (nSPS) is 17.5. The molecule has 15 heavy (non-hydrogen) atoms. The van der Waals surface area contributed by atoms with E-state index in [0.717, 1.165) is 19.3 Å². The van der Waals surface area contributed by atoms with Crippen LogP contribution in [0.15, 0.2) is 0 Å². The molecule has 1 aliphatic rings. The van der Waals surface area contributed by atoms with Gasteiger partial charge in [-0.1, -0.05) is 6.92 Å². The van der Waals surface area contributed by atoms with Crippen molar-refractivity contribution in [1.29, 1.82) is 0 Å². The van der Waals surface area contributed by atoms with E-state index in [0.29, 0.717) is 19.1 Å². The van der Waals surface area contributed by atoms with Crippen LogP contribution in [-0.2, 0) is 9.53 Å². The van der Waals surface area contributed by atoms with Gasteiger partial charge in [0.2, 0.25) is 5.91 Å². The number of hydrogen-bond donors (Lipinski definition) is 1. The summed E-state index contributed by atoms with van der Waals surface area (Å²) in [6.45, 7) is 3.18. The van der Waals surface area contributed by atoms with E-state index in [-0.39, 0.29) is 18.6 Å². The van der Waals surface area contributed by atoms with E-state index in [1.165, 1.54) is 0 Å². The van der Waals surface area contributed by atoms with Gasteiger partial charge in [0.1, 0.15) is 6.61 Å². The Labute approximate surface area is 91.2 Å². The molecular formula is C11H21NO3. The molecule has 0 aromatic carbocycles. The molecule has 1 aliphatic carbocycles. The summed E-state index contributed by atoms with van der Waals surface area (Å²) in [5, 5.41) is 9.65. The summed E-state index contributed by atoms with van der Waals surface area (Å²) in [6, 6.07) is 0. The fourth-order valence-corrected chi connectivity index (χ4v) is 1.43. The third-order valence-corrected chi connectivity index (χ3v) is 2.63. The lowest BCUT2D eigenvalue weighted by Gasteiger charge is -2.20. The van der Waals surface area contributed by atoms with Gasteiger partial charge >= 0.3 is 0 Å². The molecule has 0 radical (unpaired) electrons. The quantitative estimate of drug-likeness (QED) is 0.634. The Morgan fingerprint density at radius 3 is 2.80 bits per heavy atom. The van der Waals surface area contributed by atoms with Crippen LogP contribution in [0.5, 0.6) is 0 Å². The minimum Gasteiger partial charge on any atom is -0.391 e. The van der Waals surface area contributed by atoms with E-state index >= 15 is 0 Å². The minimum atomic E-state index is -0.356. The number of aliphatic hydroxyl groups is 1. The maximum atomic E-state index is 11.5. The largest absolute Gasteiger partial charge is 0.391 e. The number of hydrogen-bond acceptors (Lipinski definition) is 3. The number of aliphatic hydroxyl groups excluding tert-OH is 1. The fourth-order valence-electron chi connectivity index (χ4n) is 1.43. The van der Waals surface area contributed by atoms with Gasteiger partial charge in [-0.05, 0) is 25.2 Å². The van der Waals surface area contributed by atoms with Crippen LogP contribution in [0.1, 0.15) is 26.2 Å². The molecule has 0 aromatic rings. The zero-order valence-corrected chi connectivity index (χ0v) is 9.61. The first kappa shape index (κ1) is 12.5. The van der Waals surface area contributed by atoms with Crippen LogP contribution in [0.3, 0.4) is 0 Å². The van der Waals surface area contributed by atoms with E-state index in [4.69, 9.17) is 4.74 Å². The van der Waals surface area contributed by atoms with Gasteiger partial charge in [0.05, 0.1) is 6.10 Å². The van der Waals surface area contributed by atoms with Crippen molar-refractivity contribution >= 4 is 5.91 Å². The highest BCUT2D eigenvalue weighted by molar-refractivity contribution is 5.77. The second-order valence-electron chi connectivity index (χ2n) is 4.23. The molecule has 4 heteroatoms. The zero-order chi connectivity index (χ0) is 11.3. The number of rotatable bonds is 7. The summed E-state index contributed by atoms with van der Waals surface area (Å²) >= 11 is 0. The van der Waals surface area contributed by atoms with Crippen LogP contribution in [0, 0.1) is 5.92 Å². The van der Waals surface area contributed by atoms with Gasteiger partial charge < -0.3 is 14.7 Å². The van der Waals surface area contributed by atoms with Gasteiger partial charge in [0, 0.05) is 20.2 Å². The smallest absolute Gasteiger partial charge is 0.248 e. The van der Waals surface area contributed by atoms with Gasteiger partial charge in [-0.2, -0.15) is 0 Å². The van der Waals surface area contributed by atoms with E-state index in [1.807, 2.05) is 6.92 Å². The Bertz CT molecular complexity index is 204. The fraction of sp³-hybridized carbons (Fsp3) is 0.909. The Kier molecular flexibility index (Phi) is 5.05. The van der Waals surface area contributed by atoms with Crippen LogP contribution in [0.2, 0.25) is 0 Å². The minimum absolute atomic E-state index is 0.0526. The van der Waals surface area contributed by atoms with Crippen molar-refractivity contribution in [2.45, 2.75) is 32.3 Å². The van der Waals surface area contributed by atoms with Gasteiger partial charge in [-0.25, -0.2) is 0 Å². The highest BCUT2D eigenvalue weighted by Crippen LogP contribution is 2.32. The number of carbonyl (C=O) groups excluding carboxylic acids is 1. The number of likely N-dealkylation sites (N-methyl/N-ethyl adjacent to an activating group) is 1. The van der Waals surface area contributed by atoms with Crippen molar-refractivity contribution in [3.8, 4) is 0 Å². The molecule has 1 unspecified atom stereocenters. The standard InChI is InChI=1S/C11H21NO3/c1-3-6-15-8-11(14)12(2)7-10(13)9-4-5-9/h9-10,13H,3-8H2,1-2H3. The van der Waals surface area contributed by atoms with Crippen molar-refractivity contribution in [2.75, 3.05) is 26.8 Å². The van der Waals surface area contributed by atoms with Crippen LogP contribution in [0.4, 0.5) is 0 Å². The highest BCUT2D eigenvalue weighted by Gasteiger charge is 2.30. The predicted molar refractivity (Wildman–Crippen MR) is 57.5 cm³/mol. The summed E-state index contributed by atoms with van der Waals surface area (Å²) in [5.74, 6) is 0.361. The van der Waals surface area contributed by atoms with Crippen molar-refractivity contribution in [1.82, 2.24) is 4.90 Å². The number of carbonyl (C=O) groups is 1. The first-order chi connectivity index (χ1) is 7.15. The second-order valence-corrected chi connectivity index (χ2v) is 4.23. The van der Waals surface area contributed by atoms with Gasteiger partial charge in [0.15, 0.2) is 0 Å². The summed E-state index contributed by atoms with van der Waals surface area (Å²) in [6.07, 6.45) is 2.75. The first-order valence-electron chi connectivity index (χ1n) is 5.65. The first-order valence-corrected chi connectivity index (χ1v) is 5.65. The molecule has 0 heterocycles. The van der Waals surface area contributed by atoms with Crippen molar-refractivity contribution in [3.63, 3.8) is 0 Å². The van der Waals surface area contributed by atoms with Crippen molar-refractivity contribution in [3.05, 3.63) is 0 Å². The number of ether oxygens (including phenoxy) is 1. The second kappa shape index (κ2) is 6.08. The third-order valence-electron chi connectivity index (χ3n) is 2.63. The van der Waals surface area contributed by atoms with Gasteiger partial charge in [-0.15, -0.1) is 0 Å². The van der Waals surface area contributed by atoms with E-state index in [1.54, 1.807) is 11.9 Å². The summed E-state index contributed by atoms with van der Waals surface area (Å²) in [7, 11) is 1.71. The Morgan fingerprint density at radius 1 is 1.60 bits per heavy atom. The van der Waals surface area contributed by atoms with Gasteiger partial charge in [-0.3, -0.25) is 4.79 Å². The number of amides is 1. The van der Waals surface area contributed by atoms with Crippen LogP contribution >= 0.6 is 0 Å². The summed E-state index contributed by atoms with van der Waals surface area (Å²) < 4.78 is 5.15. The monoisotopic (exact) mass is 215 g/mol. The van der Waals surface area contributed by atoms with E-state index in [2.05, 4.69) is 0 Å².